The first-order valence-electron chi connectivity index (χ1n) is 7.03. The summed E-state index contributed by atoms with van der Waals surface area (Å²) in [5.41, 5.74) is 5.77. The van der Waals surface area contributed by atoms with Gasteiger partial charge in [0.1, 0.15) is 0 Å². The molecular weight excluding hydrogens is 228 g/mol. The van der Waals surface area contributed by atoms with Crippen molar-refractivity contribution in [3.05, 3.63) is 0 Å². The molecule has 1 amide bonds. The Morgan fingerprint density at radius 1 is 1.61 bits per heavy atom. The van der Waals surface area contributed by atoms with Gasteiger partial charge in [-0.3, -0.25) is 4.79 Å². The lowest BCUT2D eigenvalue weighted by molar-refractivity contribution is -0.144. The molecule has 0 radical (unpaired) electrons. The Bertz CT molecular complexity index is 283. The number of carbonyl (C=O) groups excluding carboxylic acids is 1. The van der Waals surface area contributed by atoms with Gasteiger partial charge in [0.25, 0.3) is 0 Å². The lowest BCUT2D eigenvalue weighted by Gasteiger charge is -2.37. The van der Waals surface area contributed by atoms with Gasteiger partial charge in [-0.1, -0.05) is 13.3 Å². The molecule has 106 valence electrons. The molecule has 1 aliphatic rings. The normalized spacial score (nSPS) is 29.3. The van der Waals surface area contributed by atoms with Crippen LogP contribution in [0.2, 0.25) is 0 Å². The molecular formula is C14H28N2O2. The van der Waals surface area contributed by atoms with Crippen molar-refractivity contribution in [1.82, 2.24) is 4.90 Å². The van der Waals surface area contributed by atoms with Crippen LogP contribution in [-0.4, -0.2) is 43.2 Å². The summed E-state index contributed by atoms with van der Waals surface area (Å²) in [7, 11) is 1.67. The Kier molecular flexibility index (Phi) is 5.60. The largest absolute Gasteiger partial charge is 0.383 e. The Balaban J connectivity index is 2.80. The Morgan fingerprint density at radius 3 is 2.72 bits per heavy atom. The monoisotopic (exact) mass is 256 g/mol. The minimum absolute atomic E-state index is 0.000832. The highest BCUT2D eigenvalue weighted by atomic mass is 16.5. The summed E-state index contributed by atoms with van der Waals surface area (Å²) in [5.74, 6) is 0.207. The van der Waals surface area contributed by atoms with E-state index in [0.717, 1.165) is 25.7 Å². The highest BCUT2D eigenvalue weighted by molar-refractivity contribution is 5.83. The van der Waals surface area contributed by atoms with Crippen molar-refractivity contribution >= 4 is 5.91 Å². The first-order chi connectivity index (χ1) is 8.47. The number of nitrogens with two attached hydrogens (primary N) is 1. The van der Waals surface area contributed by atoms with Crippen LogP contribution in [0.25, 0.3) is 0 Å². The van der Waals surface area contributed by atoms with Gasteiger partial charge in [-0.2, -0.15) is 0 Å². The van der Waals surface area contributed by atoms with E-state index < -0.39 is 0 Å². The zero-order chi connectivity index (χ0) is 13.8. The van der Waals surface area contributed by atoms with Gasteiger partial charge in [0, 0.05) is 25.7 Å². The summed E-state index contributed by atoms with van der Waals surface area (Å²) < 4.78 is 5.11. The fourth-order valence-corrected chi connectivity index (χ4v) is 2.72. The molecule has 0 bridgehead atoms. The number of hydrogen-bond acceptors (Lipinski definition) is 3. The SMILES string of the molecule is CCC(C)N(CCOC)C(=O)C1(C)CCCC1N. The molecule has 2 N–H and O–H groups in total. The molecule has 0 aliphatic heterocycles. The van der Waals surface area contributed by atoms with Gasteiger partial charge < -0.3 is 15.4 Å². The van der Waals surface area contributed by atoms with E-state index in [1.165, 1.54) is 0 Å². The van der Waals surface area contributed by atoms with Crippen molar-refractivity contribution < 1.29 is 9.53 Å². The highest BCUT2D eigenvalue weighted by Gasteiger charge is 2.45. The van der Waals surface area contributed by atoms with Crippen LogP contribution in [-0.2, 0) is 9.53 Å². The standard InChI is InChI=1S/C14H28N2O2/c1-5-11(2)16(9-10-18-4)13(17)14(3)8-6-7-12(14)15/h11-12H,5-10,15H2,1-4H3. The van der Waals surface area contributed by atoms with Gasteiger partial charge in [0.2, 0.25) is 5.91 Å². The van der Waals surface area contributed by atoms with Gasteiger partial charge >= 0.3 is 0 Å². The summed E-state index contributed by atoms with van der Waals surface area (Å²) >= 11 is 0. The average molecular weight is 256 g/mol. The Hall–Kier alpha value is -0.610. The molecule has 18 heavy (non-hydrogen) atoms. The number of methoxy groups -OCH3 is 1. The molecule has 0 saturated heterocycles. The Labute approximate surface area is 111 Å². The first-order valence-corrected chi connectivity index (χ1v) is 7.03. The van der Waals surface area contributed by atoms with Crippen LogP contribution < -0.4 is 5.73 Å². The van der Waals surface area contributed by atoms with E-state index >= 15 is 0 Å². The third-order valence-corrected chi connectivity index (χ3v) is 4.44. The van der Waals surface area contributed by atoms with Gasteiger partial charge in [-0.05, 0) is 33.1 Å². The molecule has 0 aromatic heterocycles. The molecule has 0 spiro atoms. The van der Waals surface area contributed by atoms with Crippen LogP contribution in [0.5, 0.6) is 0 Å². The van der Waals surface area contributed by atoms with Crippen molar-refractivity contribution in [2.45, 2.75) is 58.5 Å². The first kappa shape index (κ1) is 15.4. The molecule has 1 aliphatic carbocycles. The van der Waals surface area contributed by atoms with Crippen molar-refractivity contribution in [3.63, 3.8) is 0 Å². The molecule has 0 heterocycles. The summed E-state index contributed by atoms with van der Waals surface area (Å²) in [6.45, 7) is 7.47. The van der Waals surface area contributed by atoms with Crippen molar-refractivity contribution in [2.24, 2.45) is 11.1 Å². The minimum atomic E-state index is -0.378. The van der Waals surface area contributed by atoms with E-state index in [9.17, 15) is 4.79 Å². The molecule has 0 aromatic carbocycles. The van der Waals surface area contributed by atoms with Crippen LogP contribution in [0.15, 0.2) is 0 Å². The second kappa shape index (κ2) is 6.53. The van der Waals surface area contributed by atoms with Gasteiger partial charge in [0.05, 0.1) is 12.0 Å². The van der Waals surface area contributed by atoms with E-state index in [1.807, 2.05) is 11.8 Å². The maximum atomic E-state index is 12.8. The smallest absolute Gasteiger partial charge is 0.230 e. The lowest BCUT2D eigenvalue weighted by atomic mass is 9.83. The van der Waals surface area contributed by atoms with Gasteiger partial charge in [-0.15, -0.1) is 0 Å². The van der Waals surface area contributed by atoms with Crippen LogP contribution >= 0.6 is 0 Å². The number of nitrogens with zero attached hydrogens (tertiary/aromatic N) is 1. The quantitative estimate of drug-likeness (QED) is 0.788. The third kappa shape index (κ3) is 3.04. The summed E-state index contributed by atoms with van der Waals surface area (Å²) in [6, 6.07) is 0.247. The number of rotatable bonds is 6. The molecule has 4 heteroatoms. The maximum absolute atomic E-state index is 12.8. The summed E-state index contributed by atoms with van der Waals surface area (Å²) in [5, 5.41) is 0. The highest BCUT2D eigenvalue weighted by Crippen LogP contribution is 2.38. The molecule has 4 nitrogen and oxygen atoms in total. The number of amides is 1. The van der Waals surface area contributed by atoms with Crippen LogP contribution in [0.1, 0.15) is 46.5 Å². The van der Waals surface area contributed by atoms with Crippen molar-refractivity contribution in [2.75, 3.05) is 20.3 Å². The topological polar surface area (TPSA) is 55.6 Å². The second-order valence-electron chi connectivity index (χ2n) is 5.66. The number of ether oxygens (including phenoxy) is 1. The number of hydrogen-bond donors (Lipinski definition) is 1. The average Bonchev–Trinajstić information content (AvgIpc) is 2.70. The molecule has 1 rings (SSSR count). The van der Waals surface area contributed by atoms with Crippen molar-refractivity contribution in [1.29, 1.82) is 0 Å². The zero-order valence-electron chi connectivity index (χ0n) is 12.2. The number of carbonyl (C=O) groups is 1. The van der Waals surface area contributed by atoms with Crippen LogP contribution in [0.3, 0.4) is 0 Å². The molecule has 3 unspecified atom stereocenters. The molecule has 3 atom stereocenters. The molecule has 1 saturated carbocycles. The predicted molar refractivity (Wildman–Crippen MR) is 73.3 cm³/mol. The minimum Gasteiger partial charge on any atom is -0.383 e. The maximum Gasteiger partial charge on any atom is 0.230 e. The predicted octanol–water partition coefficient (Wildman–Crippen LogP) is 1.78. The lowest BCUT2D eigenvalue weighted by Crippen LogP contribution is -2.52. The Morgan fingerprint density at radius 2 is 2.28 bits per heavy atom. The summed E-state index contributed by atoms with van der Waals surface area (Å²) in [4.78, 5) is 14.7. The van der Waals surface area contributed by atoms with E-state index in [0.29, 0.717) is 13.2 Å². The van der Waals surface area contributed by atoms with E-state index in [1.54, 1.807) is 7.11 Å². The van der Waals surface area contributed by atoms with Crippen LogP contribution in [0.4, 0.5) is 0 Å². The van der Waals surface area contributed by atoms with E-state index in [-0.39, 0.29) is 23.4 Å². The van der Waals surface area contributed by atoms with E-state index in [2.05, 4.69) is 13.8 Å². The fraction of sp³-hybridized carbons (Fsp3) is 0.929. The van der Waals surface area contributed by atoms with Crippen LogP contribution in [0, 0.1) is 5.41 Å². The zero-order valence-corrected chi connectivity index (χ0v) is 12.2. The van der Waals surface area contributed by atoms with Gasteiger partial charge in [0.15, 0.2) is 0 Å². The third-order valence-electron chi connectivity index (χ3n) is 4.44. The van der Waals surface area contributed by atoms with Gasteiger partial charge in [-0.25, -0.2) is 0 Å². The summed E-state index contributed by atoms with van der Waals surface area (Å²) in [6.07, 6.45) is 3.89. The molecule has 1 fully saturated rings. The van der Waals surface area contributed by atoms with E-state index in [4.69, 9.17) is 10.5 Å². The molecule has 0 aromatic rings. The fourth-order valence-electron chi connectivity index (χ4n) is 2.72. The second-order valence-corrected chi connectivity index (χ2v) is 5.66. The van der Waals surface area contributed by atoms with Crippen molar-refractivity contribution in [3.8, 4) is 0 Å².